The van der Waals surface area contributed by atoms with Crippen LogP contribution in [0.15, 0.2) is 40.7 Å². The highest BCUT2D eigenvalue weighted by molar-refractivity contribution is 7.14. The molecule has 2 aromatic rings. The fourth-order valence-corrected chi connectivity index (χ4v) is 2.74. The Morgan fingerprint density at radius 2 is 1.73 bits per heavy atom. The molecule has 0 radical (unpaired) electrons. The van der Waals surface area contributed by atoms with Gasteiger partial charge in [0.15, 0.2) is 0 Å². The first-order valence-corrected chi connectivity index (χ1v) is 8.15. The van der Waals surface area contributed by atoms with Gasteiger partial charge in [0, 0.05) is 11.6 Å². The van der Waals surface area contributed by atoms with Gasteiger partial charge in [0.2, 0.25) is 5.13 Å². The zero-order chi connectivity index (χ0) is 15.8. The summed E-state index contributed by atoms with van der Waals surface area (Å²) in [5.74, 6) is 0. The molecule has 0 unspecified atom stereocenters. The van der Waals surface area contributed by atoms with E-state index in [0.717, 1.165) is 11.2 Å². The number of hydrogen-bond donors (Lipinski definition) is 0. The van der Waals surface area contributed by atoms with Crippen LogP contribution < -0.4 is 5.59 Å². The topological polar surface area (TPSA) is 43.7 Å². The van der Waals surface area contributed by atoms with Gasteiger partial charge >= 0.3 is 7.12 Å². The van der Waals surface area contributed by atoms with Crippen LogP contribution in [-0.2, 0) is 9.31 Å². The van der Waals surface area contributed by atoms with Crippen LogP contribution in [0.4, 0.5) is 5.13 Å². The Balaban J connectivity index is 1.74. The SMILES string of the molecule is CC1(C)OB(c2csc(/N=C/c3ccccc3)n2)OC1(C)C. The minimum atomic E-state index is -0.429. The van der Waals surface area contributed by atoms with Gasteiger partial charge in [0.05, 0.1) is 16.8 Å². The smallest absolute Gasteiger partial charge is 0.398 e. The van der Waals surface area contributed by atoms with Crippen LogP contribution in [0.25, 0.3) is 0 Å². The van der Waals surface area contributed by atoms with E-state index in [2.05, 4.69) is 9.98 Å². The number of nitrogens with zero attached hydrogens (tertiary/aromatic N) is 2. The molecule has 1 saturated heterocycles. The van der Waals surface area contributed by atoms with Gasteiger partial charge < -0.3 is 9.31 Å². The van der Waals surface area contributed by atoms with Crippen molar-refractivity contribution in [2.24, 2.45) is 4.99 Å². The summed E-state index contributed by atoms with van der Waals surface area (Å²) in [7, 11) is -0.429. The number of aliphatic imine (C=N–C) groups is 1. The average molecular weight is 314 g/mol. The number of rotatable bonds is 3. The lowest BCUT2D eigenvalue weighted by Gasteiger charge is -2.32. The van der Waals surface area contributed by atoms with Crippen LogP contribution in [0.1, 0.15) is 33.3 Å². The molecule has 0 amide bonds. The number of hydrogen-bond acceptors (Lipinski definition) is 5. The molecular formula is C16H19BN2O2S. The standard InChI is InChI=1S/C16H19BN2O2S/c1-15(2)16(3,4)21-17(20-15)13-11-22-14(19-13)18-10-12-8-6-5-7-9-12/h5-11H,1-4H3/b18-10+. The van der Waals surface area contributed by atoms with Gasteiger partial charge in [0.25, 0.3) is 0 Å². The molecule has 22 heavy (non-hydrogen) atoms. The molecular weight excluding hydrogens is 295 g/mol. The van der Waals surface area contributed by atoms with Crippen LogP contribution in [0.5, 0.6) is 0 Å². The van der Waals surface area contributed by atoms with E-state index in [1.807, 2.05) is 69.6 Å². The predicted octanol–water partition coefficient (Wildman–Crippen LogP) is 3.19. The van der Waals surface area contributed by atoms with Crippen LogP contribution in [0, 0.1) is 0 Å². The van der Waals surface area contributed by atoms with Crippen molar-refractivity contribution < 1.29 is 9.31 Å². The van der Waals surface area contributed by atoms with Crippen LogP contribution in [0.3, 0.4) is 0 Å². The predicted molar refractivity (Wildman–Crippen MR) is 91.5 cm³/mol. The van der Waals surface area contributed by atoms with E-state index in [-0.39, 0.29) is 11.2 Å². The Kier molecular flexibility index (Phi) is 3.93. The van der Waals surface area contributed by atoms with E-state index >= 15 is 0 Å². The van der Waals surface area contributed by atoms with Crippen molar-refractivity contribution >= 4 is 35.4 Å². The van der Waals surface area contributed by atoms with Gasteiger partial charge in [-0.15, -0.1) is 11.3 Å². The molecule has 4 nitrogen and oxygen atoms in total. The van der Waals surface area contributed by atoms with E-state index in [0.29, 0.717) is 5.13 Å². The average Bonchev–Trinajstić information content (AvgIpc) is 3.01. The van der Waals surface area contributed by atoms with Gasteiger partial charge in [-0.05, 0) is 33.3 Å². The summed E-state index contributed by atoms with van der Waals surface area (Å²) in [5, 5.41) is 2.65. The third-order valence-electron chi connectivity index (χ3n) is 4.13. The number of aromatic nitrogens is 1. The summed E-state index contributed by atoms with van der Waals surface area (Å²) in [5.41, 5.74) is 1.13. The molecule has 3 rings (SSSR count). The molecule has 2 heterocycles. The highest BCUT2D eigenvalue weighted by atomic mass is 32.1. The quantitative estimate of drug-likeness (QED) is 0.645. The Hall–Kier alpha value is -1.50. The maximum Gasteiger partial charge on any atom is 0.515 e. The Morgan fingerprint density at radius 1 is 1.09 bits per heavy atom. The van der Waals surface area contributed by atoms with Crippen LogP contribution in [0.2, 0.25) is 0 Å². The molecule has 1 aromatic heterocycles. The lowest BCUT2D eigenvalue weighted by molar-refractivity contribution is 0.00578. The minimum Gasteiger partial charge on any atom is -0.398 e. The minimum absolute atomic E-state index is 0.352. The molecule has 114 valence electrons. The molecule has 1 fully saturated rings. The van der Waals surface area contributed by atoms with Gasteiger partial charge in [-0.2, -0.15) is 0 Å². The first-order valence-electron chi connectivity index (χ1n) is 7.28. The van der Waals surface area contributed by atoms with Crippen molar-refractivity contribution in [3.05, 3.63) is 41.3 Å². The normalized spacial score (nSPS) is 19.9. The third kappa shape index (κ3) is 3.00. The molecule has 1 aliphatic heterocycles. The second kappa shape index (κ2) is 5.61. The molecule has 0 aliphatic carbocycles. The van der Waals surface area contributed by atoms with E-state index in [4.69, 9.17) is 9.31 Å². The van der Waals surface area contributed by atoms with E-state index in [1.54, 1.807) is 0 Å². The van der Waals surface area contributed by atoms with Crippen molar-refractivity contribution in [2.75, 3.05) is 0 Å². The highest BCUT2D eigenvalue weighted by Gasteiger charge is 2.52. The zero-order valence-corrected chi connectivity index (χ0v) is 14.1. The van der Waals surface area contributed by atoms with Crippen molar-refractivity contribution in [3.63, 3.8) is 0 Å². The lowest BCUT2D eigenvalue weighted by Crippen LogP contribution is -2.41. The summed E-state index contributed by atoms with van der Waals surface area (Å²) in [6, 6.07) is 9.97. The summed E-state index contributed by atoms with van der Waals surface area (Å²) >= 11 is 1.49. The monoisotopic (exact) mass is 314 g/mol. The molecule has 0 atom stereocenters. The summed E-state index contributed by atoms with van der Waals surface area (Å²) < 4.78 is 12.0. The largest absolute Gasteiger partial charge is 0.515 e. The summed E-state index contributed by atoms with van der Waals surface area (Å²) in [6.45, 7) is 8.14. The van der Waals surface area contributed by atoms with Crippen LogP contribution in [-0.4, -0.2) is 29.5 Å². The Labute approximate surface area is 135 Å². The Morgan fingerprint density at radius 3 is 2.36 bits per heavy atom. The highest BCUT2D eigenvalue weighted by Crippen LogP contribution is 2.36. The first-order chi connectivity index (χ1) is 10.4. The molecule has 6 heteroatoms. The maximum atomic E-state index is 6.00. The van der Waals surface area contributed by atoms with Crippen molar-refractivity contribution in [2.45, 2.75) is 38.9 Å². The van der Waals surface area contributed by atoms with E-state index < -0.39 is 7.12 Å². The van der Waals surface area contributed by atoms with E-state index in [1.165, 1.54) is 11.3 Å². The van der Waals surface area contributed by atoms with Gasteiger partial charge in [-0.25, -0.2) is 9.98 Å². The second-order valence-electron chi connectivity index (χ2n) is 6.31. The van der Waals surface area contributed by atoms with Crippen LogP contribution >= 0.6 is 11.3 Å². The fourth-order valence-electron chi connectivity index (χ4n) is 2.08. The van der Waals surface area contributed by atoms with E-state index in [9.17, 15) is 0 Å². The lowest BCUT2D eigenvalue weighted by atomic mass is 9.86. The van der Waals surface area contributed by atoms with Gasteiger partial charge in [-0.3, -0.25) is 0 Å². The molecule has 1 aliphatic rings. The molecule has 0 spiro atoms. The molecule has 0 bridgehead atoms. The molecule has 0 N–H and O–H groups in total. The van der Waals surface area contributed by atoms with Gasteiger partial charge in [0.1, 0.15) is 0 Å². The third-order valence-corrected chi connectivity index (χ3v) is 4.90. The zero-order valence-electron chi connectivity index (χ0n) is 13.2. The molecule has 1 aromatic carbocycles. The molecule has 0 saturated carbocycles. The van der Waals surface area contributed by atoms with Gasteiger partial charge in [-0.1, -0.05) is 30.3 Å². The maximum absolute atomic E-state index is 6.00. The number of thiazole rings is 1. The van der Waals surface area contributed by atoms with Crippen molar-refractivity contribution in [1.29, 1.82) is 0 Å². The fraction of sp³-hybridized carbons (Fsp3) is 0.375. The first kappa shape index (κ1) is 15.4. The van der Waals surface area contributed by atoms with Crippen molar-refractivity contribution in [1.82, 2.24) is 4.98 Å². The summed E-state index contributed by atoms with van der Waals surface area (Å²) in [6.07, 6.45) is 1.81. The van der Waals surface area contributed by atoms with Crippen molar-refractivity contribution in [3.8, 4) is 0 Å². The number of benzene rings is 1. The summed E-state index contributed by atoms with van der Waals surface area (Å²) in [4.78, 5) is 8.92. The Bertz CT molecular complexity index is 666. The second-order valence-corrected chi connectivity index (χ2v) is 7.15.